The second kappa shape index (κ2) is 13.8. The number of aromatic nitrogens is 1. The molecule has 0 bridgehead atoms. The van der Waals surface area contributed by atoms with Gasteiger partial charge in [-0.25, -0.2) is 9.37 Å². The van der Waals surface area contributed by atoms with E-state index in [9.17, 15) is 9.18 Å². The number of rotatable bonds is 12. The van der Waals surface area contributed by atoms with Crippen LogP contribution >= 0.6 is 11.3 Å². The van der Waals surface area contributed by atoms with Crippen molar-refractivity contribution in [1.29, 1.82) is 0 Å². The van der Waals surface area contributed by atoms with E-state index in [0.717, 1.165) is 33.0 Å². The van der Waals surface area contributed by atoms with Crippen LogP contribution in [0.1, 0.15) is 50.7 Å². The van der Waals surface area contributed by atoms with Crippen LogP contribution in [0.3, 0.4) is 0 Å². The third kappa shape index (κ3) is 8.33. The van der Waals surface area contributed by atoms with Crippen LogP contribution in [0.25, 0.3) is 0 Å². The molecule has 0 aliphatic carbocycles. The number of carbonyl (C=O) groups excluding carboxylic acids is 1. The fraction of sp³-hybridized carbons (Fsp3) is 0.176. The Morgan fingerprint density at radius 1 is 0.829 bits per heavy atom. The number of thiazole rings is 1. The molecule has 5 aromatic rings. The van der Waals surface area contributed by atoms with E-state index < -0.39 is 0 Å². The Morgan fingerprint density at radius 3 is 2.10 bits per heavy atom. The zero-order valence-corrected chi connectivity index (χ0v) is 23.7. The van der Waals surface area contributed by atoms with Crippen molar-refractivity contribution in [3.8, 4) is 5.75 Å². The highest BCUT2D eigenvalue weighted by molar-refractivity contribution is 7.09. The number of amides is 1. The van der Waals surface area contributed by atoms with Crippen LogP contribution in [-0.4, -0.2) is 15.8 Å². The van der Waals surface area contributed by atoms with Crippen molar-refractivity contribution in [2.45, 2.75) is 39.2 Å². The summed E-state index contributed by atoms with van der Waals surface area (Å²) in [7, 11) is 0. The highest BCUT2D eigenvalue weighted by Gasteiger charge is 2.17. The Labute approximate surface area is 244 Å². The van der Waals surface area contributed by atoms with Crippen molar-refractivity contribution in [2.75, 3.05) is 0 Å². The largest absolute Gasteiger partial charge is 0.489 e. The van der Waals surface area contributed by atoms with Gasteiger partial charge in [0.25, 0.3) is 5.91 Å². The lowest BCUT2D eigenvalue weighted by Gasteiger charge is -2.22. The van der Waals surface area contributed by atoms with Gasteiger partial charge in [0.1, 0.15) is 28.9 Å². The van der Waals surface area contributed by atoms with Gasteiger partial charge in [0.2, 0.25) is 0 Å². The fourth-order valence-electron chi connectivity index (χ4n) is 4.48. The summed E-state index contributed by atoms with van der Waals surface area (Å²) in [6.07, 6.45) is 0. The van der Waals surface area contributed by atoms with E-state index in [0.29, 0.717) is 31.9 Å². The van der Waals surface area contributed by atoms with Gasteiger partial charge in [0, 0.05) is 18.5 Å². The van der Waals surface area contributed by atoms with Gasteiger partial charge in [-0.15, -0.1) is 11.3 Å². The van der Waals surface area contributed by atoms with E-state index >= 15 is 0 Å². The van der Waals surface area contributed by atoms with Crippen molar-refractivity contribution >= 4 is 17.2 Å². The minimum atomic E-state index is -0.258. The highest BCUT2D eigenvalue weighted by atomic mass is 32.1. The number of nitrogens with zero attached hydrogens (tertiary/aromatic N) is 2. The predicted molar refractivity (Wildman–Crippen MR) is 161 cm³/mol. The molecule has 0 saturated heterocycles. The number of hydrogen-bond acceptors (Lipinski definition) is 5. The van der Waals surface area contributed by atoms with Crippen LogP contribution in [0.2, 0.25) is 0 Å². The van der Waals surface area contributed by atoms with Crippen LogP contribution in [0.15, 0.2) is 115 Å². The highest BCUT2D eigenvalue weighted by Crippen LogP contribution is 2.21. The molecule has 5 nitrogen and oxygen atoms in total. The number of halogens is 1. The molecule has 0 saturated carbocycles. The summed E-state index contributed by atoms with van der Waals surface area (Å²) in [4.78, 5) is 19.8. The van der Waals surface area contributed by atoms with E-state index in [1.165, 1.54) is 23.5 Å². The third-order valence-electron chi connectivity index (χ3n) is 6.69. The van der Waals surface area contributed by atoms with Crippen LogP contribution in [0.4, 0.5) is 4.39 Å². The van der Waals surface area contributed by atoms with Crippen molar-refractivity contribution in [1.82, 2.24) is 15.2 Å². The van der Waals surface area contributed by atoms with Gasteiger partial charge in [-0.05, 0) is 53.4 Å². The van der Waals surface area contributed by atoms with E-state index in [2.05, 4.69) is 27.3 Å². The van der Waals surface area contributed by atoms with Crippen molar-refractivity contribution < 1.29 is 13.9 Å². The average Bonchev–Trinajstić information content (AvgIpc) is 3.47. The minimum Gasteiger partial charge on any atom is -0.489 e. The molecular weight excluding hydrogens is 533 g/mol. The Hall–Kier alpha value is -4.33. The van der Waals surface area contributed by atoms with Gasteiger partial charge in [0.05, 0.1) is 12.6 Å². The first-order valence-electron chi connectivity index (χ1n) is 13.5. The Kier molecular flexibility index (Phi) is 9.52. The van der Waals surface area contributed by atoms with Gasteiger partial charge >= 0.3 is 0 Å². The zero-order valence-electron chi connectivity index (χ0n) is 22.9. The first-order valence-corrected chi connectivity index (χ1v) is 14.4. The summed E-state index contributed by atoms with van der Waals surface area (Å²) < 4.78 is 19.5. The van der Waals surface area contributed by atoms with E-state index in [1.807, 2.05) is 79.7 Å². The molecule has 0 fully saturated rings. The monoisotopic (exact) mass is 565 g/mol. The summed E-state index contributed by atoms with van der Waals surface area (Å²) in [6.45, 7) is 4.29. The fourth-order valence-corrected chi connectivity index (χ4v) is 5.30. The normalized spacial score (nSPS) is 11.8. The van der Waals surface area contributed by atoms with Gasteiger partial charge in [-0.1, -0.05) is 84.9 Å². The molecule has 0 aliphatic heterocycles. The quantitative estimate of drug-likeness (QED) is 0.170. The molecule has 1 amide bonds. The summed E-state index contributed by atoms with van der Waals surface area (Å²) in [5, 5.41) is 5.68. The molecule has 208 valence electrons. The second-order valence-electron chi connectivity index (χ2n) is 9.92. The van der Waals surface area contributed by atoms with Crippen molar-refractivity contribution in [2.24, 2.45) is 0 Å². The van der Waals surface area contributed by atoms with E-state index in [-0.39, 0.29) is 17.8 Å². The second-order valence-corrected chi connectivity index (χ2v) is 10.9. The summed E-state index contributed by atoms with van der Waals surface area (Å²) in [5.74, 6) is 0.356. The summed E-state index contributed by atoms with van der Waals surface area (Å²) >= 11 is 1.47. The molecule has 1 heterocycles. The molecule has 4 aromatic carbocycles. The molecule has 0 radical (unpaired) electrons. The Morgan fingerprint density at radius 2 is 1.44 bits per heavy atom. The zero-order chi connectivity index (χ0) is 28.4. The molecule has 7 heteroatoms. The van der Waals surface area contributed by atoms with Crippen LogP contribution in [0.5, 0.6) is 5.75 Å². The first kappa shape index (κ1) is 28.2. The average molecular weight is 566 g/mol. The van der Waals surface area contributed by atoms with Crippen LogP contribution in [0, 0.1) is 5.82 Å². The summed E-state index contributed by atoms with van der Waals surface area (Å²) in [6, 6.07) is 34.4. The number of nitrogens with one attached hydrogen (secondary N) is 1. The lowest BCUT2D eigenvalue weighted by atomic mass is 10.1. The first-order chi connectivity index (χ1) is 20.0. The maximum atomic E-state index is 13.5. The third-order valence-corrected chi connectivity index (χ3v) is 7.52. The van der Waals surface area contributed by atoms with Crippen molar-refractivity contribution in [3.05, 3.63) is 153 Å². The number of benzene rings is 4. The molecule has 0 aliphatic rings. The standard InChI is InChI=1S/C34H32FN3O2S/c1-25(29-10-6-3-7-11-29)36-34(39)32-24-41-33(37-32)22-38(20-26-12-16-30(35)17-13-26)21-27-14-18-31(19-15-27)40-23-28-8-4-2-5-9-28/h2-19,24-25H,20-23H2,1H3,(H,36,39)/t25-/m0/s1. The van der Waals surface area contributed by atoms with Gasteiger partial charge in [-0.2, -0.15) is 0 Å². The minimum absolute atomic E-state index is 0.122. The number of carbonyl (C=O) groups is 1. The van der Waals surface area contributed by atoms with Gasteiger partial charge < -0.3 is 10.1 Å². The molecule has 5 rings (SSSR count). The molecule has 41 heavy (non-hydrogen) atoms. The van der Waals surface area contributed by atoms with E-state index in [1.54, 1.807) is 17.5 Å². The molecule has 1 aromatic heterocycles. The molecular formula is C34H32FN3O2S. The van der Waals surface area contributed by atoms with E-state index in [4.69, 9.17) is 4.74 Å². The lowest BCUT2D eigenvalue weighted by Crippen LogP contribution is -2.27. The topological polar surface area (TPSA) is 54.5 Å². The SMILES string of the molecule is C[C@H](NC(=O)c1csc(CN(Cc2ccc(F)cc2)Cc2ccc(OCc3ccccc3)cc2)n1)c1ccccc1. The molecule has 1 atom stereocenters. The smallest absolute Gasteiger partial charge is 0.271 e. The number of hydrogen-bond donors (Lipinski definition) is 1. The Balaban J connectivity index is 1.24. The lowest BCUT2D eigenvalue weighted by molar-refractivity contribution is 0.0935. The summed E-state index contributed by atoms with van der Waals surface area (Å²) in [5.41, 5.74) is 4.69. The maximum absolute atomic E-state index is 13.5. The Bertz CT molecular complexity index is 1520. The molecule has 0 unspecified atom stereocenters. The molecule has 0 spiro atoms. The van der Waals surface area contributed by atoms with Crippen LogP contribution < -0.4 is 10.1 Å². The number of ether oxygens (including phenoxy) is 1. The van der Waals surface area contributed by atoms with Crippen LogP contribution in [-0.2, 0) is 26.2 Å². The van der Waals surface area contributed by atoms with Crippen molar-refractivity contribution in [3.63, 3.8) is 0 Å². The van der Waals surface area contributed by atoms with Gasteiger partial charge in [0.15, 0.2) is 0 Å². The maximum Gasteiger partial charge on any atom is 0.271 e. The predicted octanol–water partition coefficient (Wildman–Crippen LogP) is 7.55. The van der Waals surface area contributed by atoms with Gasteiger partial charge in [-0.3, -0.25) is 9.69 Å². The molecule has 1 N–H and O–H groups in total.